The molecule has 1 aromatic carbocycles. The molecule has 4 aromatic rings. The van der Waals surface area contributed by atoms with E-state index in [1.165, 1.54) is 19.4 Å². The van der Waals surface area contributed by atoms with E-state index in [0.717, 1.165) is 0 Å². The molecule has 0 aliphatic carbocycles. The van der Waals surface area contributed by atoms with Crippen LogP contribution in [0, 0.1) is 12.7 Å². The van der Waals surface area contributed by atoms with Gasteiger partial charge in [-0.05, 0) is 37.6 Å². The molecule has 0 spiro atoms. The van der Waals surface area contributed by atoms with Crippen molar-refractivity contribution in [2.24, 2.45) is 0 Å². The molecule has 2 atom stereocenters. The Morgan fingerprint density at radius 1 is 1.25 bits per heavy atom. The Kier molecular flexibility index (Phi) is 6.03. The predicted octanol–water partition coefficient (Wildman–Crippen LogP) is 4.70. The number of pyridine rings is 2. The third kappa shape index (κ3) is 4.02. The molecule has 0 radical (unpaired) electrons. The van der Waals surface area contributed by atoms with Gasteiger partial charge in [-0.2, -0.15) is 0 Å². The van der Waals surface area contributed by atoms with Crippen molar-refractivity contribution in [3.05, 3.63) is 70.4 Å². The van der Waals surface area contributed by atoms with Gasteiger partial charge >= 0.3 is 0 Å². The van der Waals surface area contributed by atoms with Crippen LogP contribution in [0.2, 0.25) is 5.02 Å². The van der Waals surface area contributed by atoms with Crippen molar-refractivity contribution < 1.29 is 23.8 Å². The number of hydrogen-bond donors (Lipinski definition) is 4. The van der Waals surface area contributed by atoms with Crippen LogP contribution in [0.3, 0.4) is 0 Å². The Morgan fingerprint density at radius 2 is 2.06 bits per heavy atom. The molecule has 1 aliphatic rings. The van der Waals surface area contributed by atoms with Crippen molar-refractivity contribution in [3.63, 3.8) is 0 Å². The standard InChI is InChI=1S/C25H23ClFN5O4/c1-12-6-7-28-23(19(12)27)36-13-4-5-14(16(26)8-13)21(33)15-9-29-22-18(15)20-17(10-30-22)31-24(34)25(2,32-20)11-35-3/h4-10,21,32-33H,11H2,1-3H3,(H,29,30)(H,31,34)/t21?,25-/m0/s1. The second-order valence-electron chi connectivity index (χ2n) is 8.79. The molecule has 11 heteroatoms. The summed E-state index contributed by atoms with van der Waals surface area (Å²) in [4.78, 5) is 24.0. The molecule has 0 bridgehead atoms. The van der Waals surface area contributed by atoms with Crippen LogP contribution < -0.4 is 15.4 Å². The number of aliphatic hydroxyl groups excluding tert-OH is 1. The van der Waals surface area contributed by atoms with E-state index >= 15 is 0 Å². The number of aryl methyl sites for hydroxylation is 1. The maximum Gasteiger partial charge on any atom is 0.256 e. The van der Waals surface area contributed by atoms with Gasteiger partial charge in [-0.3, -0.25) is 4.79 Å². The highest BCUT2D eigenvalue weighted by Crippen LogP contribution is 2.42. The van der Waals surface area contributed by atoms with Gasteiger partial charge in [-0.25, -0.2) is 14.4 Å². The van der Waals surface area contributed by atoms with Crippen molar-refractivity contribution in [1.82, 2.24) is 15.0 Å². The fraction of sp³-hybridized carbons (Fsp3) is 0.240. The Morgan fingerprint density at radius 3 is 2.81 bits per heavy atom. The molecule has 4 heterocycles. The normalized spacial score (nSPS) is 17.9. The number of hydrogen-bond acceptors (Lipinski definition) is 7. The Labute approximate surface area is 210 Å². The Balaban J connectivity index is 1.51. The number of carbonyl (C=O) groups excluding carboxylic acids is 1. The van der Waals surface area contributed by atoms with E-state index in [1.807, 2.05) is 0 Å². The van der Waals surface area contributed by atoms with Crippen LogP contribution in [0.5, 0.6) is 11.6 Å². The van der Waals surface area contributed by atoms with Crippen molar-refractivity contribution in [3.8, 4) is 11.6 Å². The minimum Gasteiger partial charge on any atom is -0.436 e. The van der Waals surface area contributed by atoms with E-state index in [2.05, 4.69) is 25.6 Å². The fourth-order valence-corrected chi connectivity index (χ4v) is 4.48. The van der Waals surface area contributed by atoms with Crippen LogP contribution >= 0.6 is 11.6 Å². The molecule has 3 aromatic heterocycles. The summed E-state index contributed by atoms with van der Waals surface area (Å²) in [5, 5.41) is 18.2. The van der Waals surface area contributed by atoms with Crippen molar-refractivity contribution in [1.29, 1.82) is 0 Å². The molecule has 9 nitrogen and oxygen atoms in total. The molecule has 0 fully saturated rings. The third-order valence-corrected chi connectivity index (χ3v) is 6.47. The SMILES string of the molecule is COC[C@]1(C)Nc2c(cnc3[nH]cc(C(O)c4ccc(Oc5nccc(C)c5F)cc4Cl)c23)NC1=O. The molecule has 5 rings (SSSR count). The van der Waals surface area contributed by atoms with Crippen LogP contribution in [0.25, 0.3) is 11.0 Å². The lowest BCUT2D eigenvalue weighted by Crippen LogP contribution is -2.53. The molecular formula is C25H23ClFN5O4. The first-order valence-electron chi connectivity index (χ1n) is 11.1. The minimum absolute atomic E-state index is 0.133. The summed E-state index contributed by atoms with van der Waals surface area (Å²) in [7, 11) is 1.52. The summed E-state index contributed by atoms with van der Waals surface area (Å²) in [6.45, 7) is 3.47. The Bertz CT molecular complexity index is 1490. The van der Waals surface area contributed by atoms with E-state index in [1.54, 1.807) is 44.4 Å². The van der Waals surface area contributed by atoms with Gasteiger partial charge in [0, 0.05) is 30.6 Å². The number of anilines is 2. The minimum atomic E-state index is -1.14. The number of aromatic amines is 1. The second-order valence-corrected chi connectivity index (χ2v) is 9.20. The molecule has 1 unspecified atom stereocenters. The first-order valence-corrected chi connectivity index (χ1v) is 11.4. The number of fused-ring (bicyclic) bond motifs is 3. The average molecular weight is 512 g/mol. The maximum absolute atomic E-state index is 14.3. The highest BCUT2D eigenvalue weighted by atomic mass is 35.5. The van der Waals surface area contributed by atoms with Crippen molar-refractivity contribution in [2.75, 3.05) is 24.4 Å². The van der Waals surface area contributed by atoms with E-state index < -0.39 is 17.5 Å². The van der Waals surface area contributed by atoms with Gasteiger partial charge in [-0.15, -0.1) is 0 Å². The zero-order valence-corrected chi connectivity index (χ0v) is 20.4. The number of H-pyrrole nitrogens is 1. The molecular weight excluding hydrogens is 489 g/mol. The summed E-state index contributed by atoms with van der Waals surface area (Å²) < 4.78 is 25.1. The number of nitrogens with zero attached hydrogens (tertiary/aromatic N) is 2. The summed E-state index contributed by atoms with van der Waals surface area (Å²) >= 11 is 6.51. The monoisotopic (exact) mass is 511 g/mol. The van der Waals surface area contributed by atoms with Crippen LogP contribution in [-0.2, 0) is 9.53 Å². The fourth-order valence-electron chi connectivity index (χ4n) is 4.20. The molecule has 1 aliphatic heterocycles. The lowest BCUT2D eigenvalue weighted by atomic mass is 9.95. The summed E-state index contributed by atoms with van der Waals surface area (Å²) in [6.07, 6.45) is 3.49. The van der Waals surface area contributed by atoms with Gasteiger partial charge in [0.1, 0.15) is 23.0 Å². The quantitative estimate of drug-likeness (QED) is 0.296. The Hall–Kier alpha value is -3.73. The number of aliphatic hydroxyl groups is 1. The second kappa shape index (κ2) is 9.05. The van der Waals surface area contributed by atoms with Gasteiger partial charge in [0.15, 0.2) is 5.82 Å². The molecule has 0 saturated carbocycles. The van der Waals surface area contributed by atoms with Crippen LogP contribution in [0.1, 0.15) is 29.7 Å². The van der Waals surface area contributed by atoms with Gasteiger partial charge < -0.3 is 30.2 Å². The van der Waals surface area contributed by atoms with Crippen LogP contribution in [0.15, 0.2) is 42.9 Å². The number of aromatic nitrogens is 3. The van der Waals surface area contributed by atoms with E-state index in [9.17, 15) is 14.3 Å². The lowest BCUT2D eigenvalue weighted by Gasteiger charge is -2.35. The zero-order valence-electron chi connectivity index (χ0n) is 19.6. The molecule has 0 saturated heterocycles. The van der Waals surface area contributed by atoms with Crippen molar-refractivity contribution in [2.45, 2.75) is 25.5 Å². The number of rotatable bonds is 6. The average Bonchev–Trinajstić information content (AvgIpc) is 3.28. The lowest BCUT2D eigenvalue weighted by molar-refractivity contribution is -0.121. The van der Waals surface area contributed by atoms with E-state index in [-0.39, 0.29) is 29.2 Å². The number of methoxy groups -OCH3 is 1. The molecule has 186 valence electrons. The summed E-state index contributed by atoms with van der Waals surface area (Å²) in [5.74, 6) is -0.714. The molecule has 1 amide bonds. The predicted molar refractivity (Wildman–Crippen MR) is 133 cm³/mol. The smallest absolute Gasteiger partial charge is 0.256 e. The summed E-state index contributed by atoms with van der Waals surface area (Å²) in [5.41, 5.74) is 1.89. The van der Waals surface area contributed by atoms with Gasteiger partial charge in [-0.1, -0.05) is 17.7 Å². The number of nitrogens with one attached hydrogen (secondary N) is 3. The third-order valence-electron chi connectivity index (χ3n) is 6.14. The van der Waals surface area contributed by atoms with Gasteiger partial charge in [0.2, 0.25) is 0 Å². The van der Waals surface area contributed by atoms with Gasteiger partial charge in [0.05, 0.1) is 34.6 Å². The molecule has 4 N–H and O–H groups in total. The van der Waals surface area contributed by atoms with Gasteiger partial charge in [0.25, 0.3) is 11.8 Å². The highest BCUT2D eigenvalue weighted by Gasteiger charge is 2.39. The molecule has 36 heavy (non-hydrogen) atoms. The number of halogens is 2. The number of amides is 1. The number of ether oxygens (including phenoxy) is 2. The number of benzene rings is 1. The van der Waals surface area contributed by atoms with Crippen molar-refractivity contribution >= 4 is 39.9 Å². The zero-order chi connectivity index (χ0) is 25.6. The highest BCUT2D eigenvalue weighted by molar-refractivity contribution is 6.31. The maximum atomic E-state index is 14.3. The largest absolute Gasteiger partial charge is 0.436 e. The first-order chi connectivity index (χ1) is 17.2. The topological polar surface area (TPSA) is 121 Å². The van der Waals surface area contributed by atoms with Crippen LogP contribution in [-0.4, -0.2) is 45.2 Å². The first kappa shape index (κ1) is 24.0. The van der Waals surface area contributed by atoms with E-state index in [4.69, 9.17) is 21.1 Å². The van der Waals surface area contributed by atoms with E-state index in [0.29, 0.717) is 39.1 Å². The summed E-state index contributed by atoms with van der Waals surface area (Å²) in [6, 6.07) is 6.20. The number of carbonyl (C=O) groups is 1. The van der Waals surface area contributed by atoms with Crippen LogP contribution in [0.4, 0.5) is 15.8 Å².